The van der Waals surface area contributed by atoms with Gasteiger partial charge in [0.2, 0.25) is 0 Å². The highest BCUT2D eigenvalue weighted by atomic mass is 16.5. The van der Waals surface area contributed by atoms with E-state index < -0.39 is 5.41 Å². The first-order valence-corrected chi connectivity index (χ1v) is 18.2. The van der Waals surface area contributed by atoms with Crippen molar-refractivity contribution in [1.29, 1.82) is 0 Å². The molecule has 0 amide bonds. The van der Waals surface area contributed by atoms with Crippen LogP contribution in [-0.4, -0.2) is 12.2 Å². The average molecular weight is 681 g/mol. The second-order valence-corrected chi connectivity index (χ2v) is 14.1. The minimum absolute atomic E-state index is 0.0532. The molecular weight excluding hydrogens is 645 g/mol. The monoisotopic (exact) mass is 680 g/mol. The van der Waals surface area contributed by atoms with Gasteiger partial charge in [-0.2, -0.15) is 0 Å². The number of aliphatic hydroxyl groups is 1. The van der Waals surface area contributed by atoms with E-state index in [4.69, 9.17) is 4.74 Å². The Morgan fingerprint density at radius 2 is 0.717 bits per heavy atom. The first-order valence-electron chi connectivity index (χ1n) is 18.2. The van der Waals surface area contributed by atoms with Crippen LogP contribution in [-0.2, 0) is 12.0 Å². The Hall–Kier alpha value is -6.48. The molecule has 2 heteroatoms. The molecule has 2 aliphatic rings. The molecule has 252 valence electrons. The molecule has 1 spiro atoms. The van der Waals surface area contributed by atoms with Gasteiger partial charge in [-0.3, -0.25) is 0 Å². The molecule has 0 atom stereocenters. The SMILES string of the molecule is COc1ccc(-c2ccc(-c3ccc4c(c3)C3(c5ccccc5-c5ccccc53)c3cc(-c5ccc(-c6ccc(CO)cc6)cc5)ccc3-4)cc2)cc1. The fourth-order valence-corrected chi connectivity index (χ4v) is 8.79. The summed E-state index contributed by atoms with van der Waals surface area (Å²) in [4.78, 5) is 0. The van der Waals surface area contributed by atoms with Gasteiger partial charge in [-0.25, -0.2) is 0 Å². The zero-order chi connectivity index (χ0) is 35.5. The summed E-state index contributed by atoms with van der Waals surface area (Å²) >= 11 is 0. The third-order valence-electron chi connectivity index (χ3n) is 11.4. The normalized spacial score (nSPS) is 12.9. The Kier molecular flexibility index (Phi) is 7.28. The number of rotatable bonds is 6. The predicted molar refractivity (Wildman–Crippen MR) is 217 cm³/mol. The first-order chi connectivity index (χ1) is 26.1. The molecule has 2 nitrogen and oxygen atoms in total. The maximum Gasteiger partial charge on any atom is 0.118 e. The number of hydrogen-bond donors (Lipinski definition) is 1. The van der Waals surface area contributed by atoms with Crippen LogP contribution in [0.4, 0.5) is 0 Å². The summed E-state index contributed by atoms with van der Waals surface area (Å²) in [5.74, 6) is 0.861. The Morgan fingerprint density at radius 3 is 1.13 bits per heavy atom. The summed E-state index contributed by atoms with van der Waals surface area (Å²) in [6, 6.07) is 66.3. The van der Waals surface area contributed by atoms with Crippen molar-refractivity contribution in [3.05, 3.63) is 210 Å². The number of methoxy groups -OCH3 is 1. The summed E-state index contributed by atoms with van der Waals surface area (Å²) < 4.78 is 5.37. The van der Waals surface area contributed by atoms with E-state index in [9.17, 15) is 5.11 Å². The van der Waals surface area contributed by atoms with E-state index in [-0.39, 0.29) is 6.61 Å². The minimum atomic E-state index is -0.443. The molecule has 0 aromatic heterocycles. The molecule has 0 radical (unpaired) electrons. The maximum atomic E-state index is 9.49. The van der Waals surface area contributed by atoms with E-state index in [0.717, 1.165) is 22.4 Å². The number of benzene rings is 8. The van der Waals surface area contributed by atoms with Gasteiger partial charge in [-0.05, 0) is 119 Å². The quantitative estimate of drug-likeness (QED) is 0.189. The van der Waals surface area contributed by atoms with E-state index in [1.807, 2.05) is 24.3 Å². The van der Waals surface area contributed by atoms with Gasteiger partial charge in [0.05, 0.1) is 19.1 Å². The predicted octanol–water partition coefficient (Wildman–Crippen LogP) is 12.2. The molecule has 8 aromatic carbocycles. The van der Waals surface area contributed by atoms with Gasteiger partial charge in [0.25, 0.3) is 0 Å². The van der Waals surface area contributed by atoms with Crippen LogP contribution in [0.2, 0.25) is 0 Å². The lowest BCUT2D eigenvalue weighted by atomic mass is 9.70. The van der Waals surface area contributed by atoms with E-state index in [2.05, 4.69) is 158 Å². The third kappa shape index (κ3) is 4.84. The Balaban J connectivity index is 1.11. The average Bonchev–Trinajstić information content (AvgIpc) is 3.70. The van der Waals surface area contributed by atoms with Crippen molar-refractivity contribution in [3.63, 3.8) is 0 Å². The Labute approximate surface area is 310 Å². The van der Waals surface area contributed by atoms with Gasteiger partial charge in [0.1, 0.15) is 5.75 Å². The number of aliphatic hydroxyl groups excluding tert-OH is 1. The summed E-state index contributed by atoms with van der Waals surface area (Å²) in [7, 11) is 1.70. The van der Waals surface area contributed by atoms with Crippen molar-refractivity contribution in [2.75, 3.05) is 7.11 Å². The van der Waals surface area contributed by atoms with Crippen molar-refractivity contribution in [2.45, 2.75) is 12.0 Å². The molecule has 8 aromatic rings. The van der Waals surface area contributed by atoms with Crippen LogP contribution in [0.15, 0.2) is 182 Å². The highest BCUT2D eigenvalue weighted by Gasteiger charge is 2.51. The highest BCUT2D eigenvalue weighted by Crippen LogP contribution is 2.63. The van der Waals surface area contributed by atoms with Gasteiger partial charge >= 0.3 is 0 Å². The topological polar surface area (TPSA) is 29.5 Å². The number of fused-ring (bicyclic) bond motifs is 10. The highest BCUT2D eigenvalue weighted by molar-refractivity contribution is 5.97. The minimum Gasteiger partial charge on any atom is -0.497 e. The maximum absolute atomic E-state index is 9.49. The summed E-state index contributed by atoms with van der Waals surface area (Å²) in [6.45, 7) is 0.0532. The van der Waals surface area contributed by atoms with Gasteiger partial charge in [-0.1, -0.05) is 158 Å². The van der Waals surface area contributed by atoms with Gasteiger partial charge in [0, 0.05) is 0 Å². The molecule has 0 saturated carbocycles. The van der Waals surface area contributed by atoms with Crippen molar-refractivity contribution in [1.82, 2.24) is 0 Å². The molecular formula is C51H36O2. The lowest BCUT2D eigenvalue weighted by molar-refractivity contribution is 0.282. The molecule has 0 unspecified atom stereocenters. The standard InChI is InChI=1S/C51H36O2/c1-53-42-26-22-37(23-27-42)36-16-20-39(21-17-36)41-25-29-46-45-28-24-40(38-18-14-35(15-19-38)34-12-10-33(32-52)11-13-34)30-49(45)51(50(46)31-41)47-8-4-2-6-43(47)44-7-3-5-9-48(44)51/h2-31,52H,32H2,1H3. The van der Waals surface area contributed by atoms with Crippen LogP contribution >= 0.6 is 0 Å². The Morgan fingerprint density at radius 1 is 0.377 bits per heavy atom. The van der Waals surface area contributed by atoms with E-state index in [1.54, 1.807) is 7.11 Å². The van der Waals surface area contributed by atoms with E-state index in [0.29, 0.717) is 0 Å². The molecule has 1 N–H and O–H groups in total. The fraction of sp³-hybridized carbons (Fsp3) is 0.0588. The van der Waals surface area contributed by atoms with Crippen LogP contribution in [0.5, 0.6) is 5.75 Å². The third-order valence-corrected chi connectivity index (χ3v) is 11.4. The lowest BCUT2D eigenvalue weighted by Crippen LogP contribution is -2.26. The van der Waals surface area contributed by atoms with Gasteiger partial charge in [0.15, 0.2) is 0 Å². The van der Waals surface area contributed by atoms with Crippen molar-refractivity contribution in [3.8, 4) is 72.5 Å². The van der Waals surface area contributed by atoms with Gasteiger partial charge in [-0.15, -0.1) is 0 Å². The van der Waals surface area contributed by atoms with Crippen molar-refractivity contribution < 1.29 is 9.84 Å². The molecule has 10 rings (SSSR count). The summed E-state index contributed by atoms with van der Waals surface area (Å²) in [5.41, 5.74) is 20.5. The van der Waals surface area contributed by atoms with Crippen molar-refractivity contribution in [2.24, 2.45) is 0 Å². The molecule has 0 heterocycles. The molecule has 0 aliphatic heterocycles. The molecule has 0 bridgehead atoms. The molecule has 53 heavy (non-hydrogen) atoms. The second kappa shape index (κ2) is 12.3. The lowest BCUT2D eigenvalue weighted by Gasteiger charge is -2.31. The second-order valence-electron chi connectivity index (χ2n) is 14.1. The fourth-order valence-electron chi connectivity index (χ4n) is 8.79. The smallest absolute Gasteiger partial charge is 0.118 e. The van der Waals surface area contributed by atoms with E-state index in [1.165, 1.54) is 77.9 Å². The molecule has 0 saturated heterocycles. The van der Waals surface area contributed by atoms with E-state index >= 15 is 0 Å². The zero-order valence-corrected chi connectivity index (χ0v) is 29.4. The molecule has 2 aliphatic carbocycles. The zero-order valence-electron chi connectivity index (χ0n) is 29.4. The van der Waals surface area contributed by atoms with Gasteiger partial charge < -0.3 is 9.84 Å². The largest absolute Gasteiger partial charge is 0.497 e. The van der Waals surface area contributed by atoms with Crippen molar-refractivity contribution >= 4 is 0 Å². The number of hydrogen-bond acceptors (Lipinski definition) is 2. The summed E-state index contributed by atoms with van der Waals surface area (Å²) in [6.07, 6.45) is 0. The molecule has 0 fully saturated rings. The van der Waals surface area contributed by atoms with Crippen LogP contribution in [0.3, 0.4) is 0 Å². The van der Waals surface area contributed by atoms with Crippen LogP contribution in [0.1, 0.15) is 27.8 Å². The van der Waals surface area contributed by atoms with Crippen LogP contribution < -0.4 is 4.74 Å². The summed E-state index contributed by atoms with van der Waals surface area (Å²) in [5, 5.41) is 9.49. The van der Waals surface area contributed by atoms with Crippen LogP contribution in [0, 0.1) is 0 Å². The first kappa shape index (κ1) is 31.3. The number of ether oxygens (including phenoxy) is 1. The Bertz CT molecular complexity index is 2460. The van der Waals surface area contributed by atoms with Crippen LogP contribution in [0.25, 0.3) is 66.8 Å².